The molecule has 0 atom stereocenters. The van der Waals surface area contributed by atoms with Gasteiger partial charge in [-0.25, -0.2) is 4.98 Å². The highest BCUT2D eigenvalue weighted by Crippen LogP contribution is 2.27. The monoisotopic (exact) mass is 401 g/mol. The molecule has 0 amide bonds. The molecule has 0 saturated heterocycles. The molecule has 0 radical (unpaired) electrons. The standard InChI is InChI=1S/C18H25Cl2N3O3/c1-25-12-9-23-7-5-21-18(23)14-22(8-10-24)6-2-11-26-17-4-3-15(19)13-16(17)20/h3-5,7,13,24H,2,6,8-12,14H2,1H3. The van der Waals surface area contributed by atoms with Crippen molar-refractivity contribution in [3.8, 4) is 5.75 Å². The van der Waals surface area contributed by atoms with E-state index >= 15 is 0 Å². The lowest BCUT2D eigenvalue weighted by atomic mass is 10.3. The molecule has 1 N–H and O–H groups in total. The molecule has 1 aromatic carbocycles. The molecule has 0 unspecified atom stereocenters. The SMILES string of the molecule is COCCn1ccnc1CN(CCO)CCCOc1ccc(Cl)cc1Cl. The van der Waals surface area contributed by atoms with Gasteiger partial charge in [0.1, 0.15) is 11.6 Å². The molecule has 8 heteroatoms. The van der Waals surface area contributed by atoms with Gasteiger partial charge in [-0.1, -0.05) is 23.2 Å². The highest BCUT2D eigenvalue weighted by atomic mass is 35.5. The van der Waals surface area contributed by atoms with Crippen LogP contribution in [-0.4, -0.2) is 59.6 Å². The number of nitrogens with zero attached hydrogens (tertiary/aromatic N) is 3. The first-order valence-electron chi connectivity index (χ1n) is 8.54. The van der Waals surface area contributed by atoms with E-state index in [1.165, 1.54) is 0 Å². The molecule has 0 fully saturated rings. The van der Waals surface area contributed by atoms with Crippen LogP contribution in [0, 0.1) is 0 Å². The Morgan fingerprint density at radius 3 is 2.81 bits per heavy atom. The van der Waals surface area contributed by atoms with Crippen molar-refractivity contribution in [2.45, 2.75) is 19.5 Å². The largest absolute Gasteiger partial charge is 0.492 e. The summed E-state index contributed by atoms with van der Waals surface area (Å²) in [6.45, 7) is 4.06. The lowest BCUT2D eigenvalue weighted by Gasteiger charge is -2.21. The molecule has 0 bridgehead atoms. The zero-order chi connectivity index (χ0) is 18.8. The van der Waals surface area contributed by atoms with Gasteiger partial charge in [0.05, 0.1) is 31.4 Å². The predicted molar refractivity (Wildman–Crippen MR) is 103 cm³/mol. The van der Waals surface area contributed by atoms with Gasteiger partial charge in [0.15, 0.2) is 0 Å². The van der Waals surface area contributed by atoms with Gasteiger partial charge in [0, 0.05) is 44.2 Å². The smallest absolute Gasteiger partial charge is 0.137 e. The van der Waals surface area contributed by atoms with E-state index in [9.17, 15) is 5.11 Å². The summed E-state index contributed by atoms with van der Waals surface area (Å²) in [5.41, 5.74) is 0. The van der Waals surface area contributed by atoms with Crippen LogP contribution in [-0.2, 0) is 17.8 Å². The van der Waals surface area contributed by atoms with E-state index in [0.717, 1.165) is 25.3 Å². The average Bonchev–Trinajstić information content (AvgIpc) is 3.05. The van der Waals surface area contributed by atoms with Crippen LogP contribution in [0.2, 0.25) is 10.0 Å². The third kappa shape index (κ3) is 6.78. The second-order valence-corrected chi connectivity index (χ2v) is 6.65. The van der Waals surface area contributed by atoms with E-state index in [1.807, 2.05) is 6.20 Å². The fourth-order valence-electron chi connectivity index (χ4n) is 2.56. The Kier molecular flexibility index (Phi) is 9.22. The van der Waals surface area contributed by atoms with Gasteiger partial charge in [0.2, 0.25) is 0 Å². The molecule has 0 spiro atoms. The number of aliphatic hydroxyl groups is 1. The molecular weight excluding hydrogens is 377 g/mol. The molecule has 26 heavy (non-hydrogen) atoms. The molecule has 0 saturated carbocycles. The minimum Gasteiger partial charge on any atom is -0.492 e. The van der Waals surface area contributed by atoms with E-state index in [1.54, 1.807) is 31.5 Å². The number of aromatic nitrogens is 2. The van der Waals surface area contributed by atoms with Crippen LogP contribution in [0.25, 0.3) is 0 Å². The summed E-state index contributed by atoms with van der Waals surface area (Å²) in [6.07, 6.45) is 4.53. The number of ether oxygens (including phenoxy) is 2. The Labute approximate surface area is 164 Å². The molecule has 144 valence electrons. The number of halogens is 2. The van der Waals surface area contributed by atoms with Crippen LogP contribution in [0.3, 0.4) is 0 Å². The Morgan fingerprint density at radius 2 is 2.08 bits per heavy atom. The van der Waals surface area contributed by atoms with Crippen LogP contribution < -0.4 is 4.74 Å². The lowest BCUT2D eigenvalue weighted by molar-refractivity contribution is 0.167. The minimum atomic E-state index is 0.0999. The van der Waals surface area contributed by atoms with Gasteiger partial charge in [-0.2, -0.15) is 0 Å². The summed E-state index contributed by atoms with van der Waals surface area (Å²) < 4.78 is 12.9. The molecule has 2 rings (SSSR count). The predicted octanol–water partition coefficient (Wildman–Crippen LogP) is 3.10. The van der Waals surface area contributed by atoms with Crippen molar-refractivity contribution in [2.75, 3.05) is 40.0 Å². The first-order valence-corrected chi connectivity index (χ1v) is 9.29. The molecule has 1 aromatic heterocycles. The number of aliphatic hydroxyl groups excluding tert-OH is 1. The van der Waals surface area contributed by atoms with Gasteiger partial charge in [-0.05, 0) is 24.6 Å². The first kappa shape index (κ1) is 21.0. The highest BCUT2D eigenvalue weighted by molar-refractivity contribution is 6.35. The van der Waals surface area contributed by atoms with Crippen LogP contribution in [0.5, 0.6) is 5.75 Å². The minimum absolute atomic E-state index is 0.0999. The fourth-order valence-corrected chi connectivity index (χ4v) is 3.02. The molecule has 0 aliphatic heterocycles. The Balaban J connectivity index is 1.81. The molecular formula is C18H25Cl2N3O3. The zero-order valence-corrected chi connectivity index (χ0v) is 16.4. The van der Waals surface area contributed by atoms with Crippen molar-refractivity contribution in [3.63, 3.8) is 0 Å². The second-order valence-electron chi connectivity index (χ2n) is 5.81. The van der Waals surface area contributed by atoms with E-state index in [0.29, 0.717) is 42.1 Å². The van der Waals surface area contributed by atoms with Crippen molar-refractivity contribution in [3.05, 3.63) is 46.5 Å². The number of imidazole rings is 1. The number of hydrogen-bond acceptors (Lipinski definition) is 5. The average molecular weight is 402 g/mol. The Bertz CT molecular complexity index is 667. The number of rotatable bonds is 12. The quantitative estimate of drug-likeness (QED) is 0.553. The summed E-state index contributed by atoms with van der Waals surface area (Å²) in [4.78, 5) is 6.56. The summed E-state index contributed by atoms with van der Waals surface area (Å²) in [7, 11) is 1.68. The van der Waals surface area contributed by atoms with Gasteiger partial charge in [-0.3, -0.25) is 4.90 Å². The highest BCUT2D eigenvalue weighted by Gasteiger charge is 2.10. The van der Waals surface area contributed by atoms with Crippen molar-refractivity contribution < 1.29 is 14.6 Å². The van der Waals surface area contributed by atoms with E-state index in [-0.39, 0.29) is 6.61 Å². The van der Waals surface area contributed by atoms with Crippen LogP contribution in [0.15, 0.2) is 30.6 Å². The van der Waals surface area contributed by atoms with Crippen molar-refractivity contribution >= 4 is 23.2 Å². The second kappa shape index (κ2) is 11.4. The molecule has 0 aliphatic rings. The normalized spacial score (nSPS) is 11.3. The number of methoxy groups -OCH3 is 1. The van der Waals surface area contributed by atoms with Crippen LogP contribution in [0.4, 0.5) is 0 Å². The van der Waals surface area contributed by atoms with Gasteiger partial charge >= 0.3 is 0 Å². The Morgan fingerprint density at radius 1 is 1.23 bits per heavy atom. The number of hydrogen-bond donors (Lipinski definition) is 1. The number of benzene rings is 1. The van der Waals surface area contributed by atoms with Crippen molar-refractivity contribution in [1.82, 2.24) is 14.5 Å². The maximum Gasteiger partial charge on any atom is 0.137 e. The Hall–Kier alpha value is -1.31. The zero-order valence-electron chi connectivity index (χ0n) is 14.9. The van der Waals surface area contributed by atoms with E-state index in [4.69, 9.17) is 32.7 Å². The fraction of sp³-hybridized carbons (Fsp3) is 0.500. The maximum absolute atomic E-state index is 9.32. The van der Waals surface area contributed by atoms with Crippen LogP contribution in [0.1, 0.15) is 12.2 Å². The summed E-state index contributed by atoms with van der Waals surface area (Å²) in [6, 6.07) is 5.18. The van der Waals surface area contributed by atoms with E-state index in [2.05, 4.69) is 14.5 Å². The topological polar surface area (TPSA) is 59.8 Å². The van der Waals surface area contributed by atoms with Gasteiger partial charge in [0.25, 0.3) is 0 Å². The maximum atomic E-state index is 9.32. The first-order chi connectivity index (χ1) is 12.6. The van der Waals surface area contributed by atoms with Crippen molar-refractivity contribution in [2.24, 2.45) is 0 Å². The summed E-state index contributed by atoms with van der Waals surface area (Å²) in [5.74, 6) is 1.58. The van der Waals surface area contributed by atoms with E-state index < -0.39 is 0 Å². The molecule has 2 aromatic rings. The summed E-state index contributed by atoms with van der Waals surface area (Å²) in [5, 5.41) is 10.4. The van der Waals surface area contributed by atoms with Gasteiger partial charge < -0.3 is 19.1 Å². The van der Waals surface area contributed by atoms with Crippen LogP contribution >= 0.6 is 23.2 Å². The third-order valence-corrected chi connectivity index (χ3v) is 4.42. The van der Waals surface area contributed by atoms with Crippen molar-refractivity contribution in [1.29, 1.82) is 0 Å². The lowest BCUT2D eigenvalue weighted by Crippen LogP contribution is -2.30. The molecule has 6 nitrogen and oxygen atoms in total. The summed E-state index contributed by atoms with van der Waals surface area (Å²) >= 11 is 12.0. The molecule has 0 aliphatic carbocycles. The molecule has 1 heterocycles. The third-order valence-electron chi connectivity index (χ3n) is 3.89. The van der Waals surface area contributed by atoms with Gasteiger partial charge in [-0.15, -0.1) is 0 Å².